The maximum absolute atomic E-state index is 12.4. The summed E-state index contributed by atoms with van der Waals surface area (Å²) in [6.07, 6.45) is -2.04. The molecule has 124 valence electrons. The predicted octanol–water partition coefficient (Wildman–Crippen LogP) is 1.91. The van der Waals surface area contributed by atoms with Gasteiger partial charge in [0.1, 0.15) is 11.8 Å². The number of cyclic esters (lactones) is 1. The van der Waals surface area contributed by atoms with Crippen molar-refractivity contribution in [1.82, 2.24) is 4.90 Å². The van der Waals surface area contributed by atoms with Gasteiger partial charge in [0.05, 0.1) is 14.2 Å². The largest absolute Gasteiger partial charge is 0.497 e. The average Bonchev–Trinajstić information content (AvgIpc) is 2.90. The number of esters is 1. The van der Waals surface area contributed by atoms with Crippen molar-refractivity contribution in [3.63, 3.8) is 0 Å². The molecule has 7 heteroatoms. The Morgan fingerprint density at radius 2 is 1.78 bits per heavy atom. The highest BCUT2D eigenvalue weighted by Gasteiger charge is 2.50. The number of nitrogens with zero attached hydrogens (tertiary/aromatic N) is 1. The molecule has 0 unspecified atom stereocenters. The lowest BCUT2D eigenvalue weighted by Gasteiger charge is -2.24. The van der Waals surface area contributed by atoms with E-state index in [9.17, 15) is 14.4 Å². The van der Waals surface area contributed by atoms with E-state index in [1.54, 1.807) is 38.1 Å². The number of rotatable bonds is 4. The van der Waals surface area contributed by atoms with Crippen LogP contribution in [0.15, 0.2) is 24.3 Å². The van der Waals surface area contributed by atoms with E-state index in [4.69, 9.17) is 9.47 Å². The fourth-order valence-corrected chi connectivity index (χ4v) is 2.40. The van der Waals surface area contributed by atoms with Gasteiger partial charge in [0.25, 0.3) is 0 Å². The third-order valence-corrected chi connectivity index (χ3v) is 3.61. The van der Waals surface area contributed by atoms with Crippen LogP contribution in [0, 0.1) is 5.92 Å². The summed E-state index contributed by atoms with van der Waals surface area (Å²) in [6, 6.07) is 5.87. The van der Waals surface area contributed by atoms with Gasteiger partial charge in [0.2, 0.25) is 12.0 Å². The molecule has 0 N–H and O–H groups in total. The zero-order valence-corrected chi connectivity index (χ0v) is 13.4. The second-order valence-electron chi connectivity index (χ2n) is 5.41. The summed E-state index contributed by atoms with van der Waals surface area (Å²) in [5.74, 6) is -0.921. The lowest BCUT2D eigenvalue weighted by atomic mass is 9.99. The van der Waals surface area contributed by atoms with Gasteiger partial charge in [-0.25, -0.2) is 14.5 Å². The topological polar surface area (TPSA) is 82.1 Å². The maximum Gasteiger partial charge on any atom is 0.418 e. The summed E-state index contributed by atoms with van der Waals surface area (Å²) in [5, 5.41) is 0. The molecule has 1 heterocycles. The first-order valence-corrected chi connectivity index (χ1v) is 7.16. The van der Waals surface area contributed by atoms with Gasteiger partial charge < -0.3 is 14.2 Å². The summed E-state index contributed by atoms with van der Waals surface area (Å²) in [5.41, 5.74) is 0.584. The Morgan fingerprint density at radius 3 is 2.26 bits per heavy atom. The number of carbonyl (C=O) groups is 3. The first-order valence-electron chi connectivity index (χ1n) is 7.16. The number of methoxy groups -OCH3 is 2. The first-order chi connectivity index (χ1) is 10.9. The normalized spacial score (nSPS) is 20.4. The highest BCUT2D eigenvalue weighted by Crippen LogP contribution is 2.35. The smallest absolute Gasteiger partial charge is 0.418 e. The number of hydrogen-bond donors (Lipinski definition) is 0. The molecule has 1 aliphatic heterocycles. The van der Waals surface area contributed by atoms with E-state index in [0.717, 1.165) is 4.90 Å². The van der Waals surface area contributed by atoms with Crippen molar-refractivity contribution in [3.05, 3.63) is 29.8 Å². The quantitative estimate of drug-likeness (QED) is 0.788. The third-order valence-electron chi connectivity index (χ3n) is 3.61. The van der Waals surface area contributed by atoms with E-state index in [1.807, 2.05) is 0 Å². The van der Waals surface area contributed by atoms with Gasteiger partial charge in [-0.2, -0.15) is 0 Å². The number of benzene rings is 1. The minimum Gasteiger partial charge on any atom is -0.497 e. The van der Waals surface area contributed by atoms with Crippen LogP contribution in [0.2, 0.25) is 0 Å². The van der Waals surface area contributed by atoms with Crippen molar-refractivity contribution in [2.45, 2.75) is 26.0 Å². The summed E-state index contributed by atoms with van der Waals surface area (Å²) in [7, 11) is 2.73. The minimum absolute atomic E-state index is 0.415. The second kappa shape index (κ2) is 6.68. The molecular formula is C16H19NO6. The number of imide groups is 1. The average molecular weight is 321 g/mol. The van der Waals surface area contributed by atoms with Crippen LogP contribution < -0.4 is 4.74 Å². The van der Waals surface area contributed by atoms with E-state index >= 15 is 0 Å². The predicted molar refractivity (Wildman–Crippen MR) is 79.7 cm³/mol. The molecule has 0 aliphatic carbocycles. The second-order valence-corrected chi connectivity index (χ2v) is 5.41. The lowest BCUT2D eigenvalue weighted by molar-refractivity contribution is -0.150. The van der Waals surface area contributed by atoms with Gasteiger partial charge in [0, 0.05) is 5.92 Å². The molecule has 0 spiro atoms. The maximum atomic E-state index is 12.4. The molecule has 23 heavy (non-hydrogen) atoms. The van der Waals surface area contributed by atoms with E-state index < -0.39 is 36.0 Å². The van der Waals surface area contributed by atoms with Crippen molar-refractivity contribution in [1.29, 1.82) is 0 Å². The molecule has 1 saturated heterocycles. The Balaban J connectivity index is 2.45. The first kappa shape index (κ1) is 16.8. The van der Waals surface area contributed by atoms with Gasteiger partial charge >= 0.3 is 12.1 Å². The zero-order chi connectivity index (χ0) is 17.1. The van der Waals surface area contributed by atoms with Crippen LogP contribution in [0.4, 0.5) is 4.79 Å². The standard InChI is InChI=1S/C16H19NO6/c1-9(2)14(18)17-12(10-5-7-11(21-3)8-6-10)13(15(19)22-4)23-16(17)20/h5-9,12-13H,1-4H3/t12-,13-/m0/s1. The molecule has 2 rings (SSSR count). The van der Waals surface area contributed by atoms with E-state index in [0.29, 0.717) is 11.3 Å². The molecule has 1 aromatic carbocycles. The SMILES string of the molecule is COC(=O)[C@H]1OC(=O)N(C(=O)C(C)C)[C@H]1c1ccc(OC)cc1. The summed E-state index contributed by atoms with van der Waals surface area (Å²) >= 11 is 0. The highest BCUT2D eigenvalue weighted by molar-refractivity contribution is 5.97. The molecular weight excluding hydrogens is 302 g/mol. The molecule has 0 saturated carbocycles. The van der Waals surface area contributed by atoms with Gasteiger partial charge in [-0.3, -0.25) is 4.79 Å². The molecule has 7 nitrogen and oxygen atoms in total. The van der Waals surface area contributed by atoms with E-state index in [1.165, 1.54) is 14.2 Å². The summed E-state index contributed by atoms with van der Waals surface area (Å²) in [6.45, 7) is 3.35. The molecule has 0 radical (unpaired) electrons. The lowest BCUT2D eigenvalue weighted by Crippen LogP contribution is -2.39. The summed E-state index contributed by atoms with van der Waals surface area (Å²) < 4.78 is 14.9. The van der Waals surface area contributed by atoms with Crippen LogP contribution >= 0.6 is 0 Å². The molecule has 1 fully saturated rings. The molecule has 0 bridgehead atoms. The van der Waals surface area contributed by atoms with Gasteiger partial charge in [-0.05, 0) is 17.7 Å². The van der Waals surface area contributed by atoms with Crippen LogP contribution in [-0.2, 0) is 19.1 Å². The number of carbonyl (C=O) groups excluding carboxylic acids is 3. The van der Waals surface area contributed by atoms with Gasteiger partial charge in [-0.1, -0.05) is 26.0 Å². The number of hydrogen-bond acceptors (Lipinski definition) is 6. The number of amides is 2. The molecule has 1 aromatic rings. The molecule has 1 aliphatic rings. The Hall–Kier alpha value is -2.57. The van der Waals surface area contributed by atoms with Crippen molar-refractivity contribution in [3.8, 4) is 5.75 Å². The van der Waals surface area contributed by atoms with E-state index in [2.05, 4.69) is 4.74 Å². The molecule has 2 amide bonds. The van der Waals surface area contributed by atoms with Crippen LogP contribution in [0.1, 0.15) is 25.5 Å². The van der Waals surface area contributed by atoms with Crippen molar-refractivity contribution in [2.24, 2.45) is 5.92 Å². The fraction of sp³-hybridized carbons (Fsp3) is 0.438. The Kier molecular flexibility index (Phi) is 4.88. The summed E-state index contributed by atoms with van der Waals surface area (Å²) in [4.78, 5) is 37.4. The molecule has 0 aromatic heterocycles. The van der Waals surface area contributed by atoms with Crippen LogP contribution in [0.3, 0.4) is 0 Å². The van der Waals surface area contributed by atoms with Crippen molar-refractivity contribution < 1.29 is 28.6 Å². The van der Waals surface area contributed by atoms with Crippen LogP contribution in [-0.4, -0.2) is 43.2 Å². The Bertz CT molecular complexity index is 610. The third kappa shape index (κ3) is 3.13. The van der Waals surface area contributed by atoms with E-state index in [-0.39, 0.29) is 0 Å². The Morgan fingerprint density at radius 1 is 1.17 bits per heavy atom. The van der Waals surface area contributed by atoms with Crippen molar-refractivity contribution in [2.75, 3.05) is 14.2 Å². The van der Waals surface area contributed by atoms with Gasteiger partial charge in [-0.15, -0.1) is 0 Å². The monoisotopic (exact) mass is 321 g/mol. The number of ether oxygens (including phenoxy) is 3. The highest BCUT2D eigenvalue weighted by atomic mass is 16.6. The molecule has 2 atom stereocenters. The van der Waals surface area contributed by atoms with Crippen LogP contribution in [0.5, 0.6) is 5.75 Å². The van der Waals surface area contributed by atoms with Gasteiger partial charge in [0.15, 0.2) is 0 Å². The van der Waals surface area contributed by atoms with Crippen molar-refractivity contribution >= 4 is 18.0 Å². The fourth-order valence-electron chi connectivity index (χ4n) is 2.40. The Labute approximate surface area is 134 Å². The zero-order valence-electron chi connectivity index (χ0n) is 13.4. The minimum atomic E-state index is -1.19. The van der Waals surface area contributed by atoms with Crippen LogP contribution in [0.25, 0.3) is 0 Å².